The van der Waals surface area contributed by atoms with Crippen molar-refractivity contribution in [3.05, 3.63) is 71.8 Å². The summed E-state index contributed by atoms with van der Waals surface area (Å²) in [5.41, 5.74) is 7.89. The van der Waals surface area contributed by atoms with Gasteiger partial charge in [0.05, 0.1) is 0 Å². The molecule has 0 heterocycles. The van der Waals surface area contributed by atoms with Gasteiger partial charge in [0, 0.05) is 18.4 Å². The first-order valence-electron chi connectivity index (χ1n) is 7.81. The largest absolute Gasteiger partial charge is 0.353 e. The molecule has 0 bridgehead atoms. The number of carbonyl (C=O) groups excluding carboxylic acids is 1. The first-order chi connectivity index (χ1) is 10.7. The van der Waals surface area contributed by atoms with Crippen molar-refractivity contribution in [3.63, 3.8) is 0 Å². The second-order valence-electron chi connectivity index (χ2n) is 5.55. The van der Waals surface area contributed by atoms with Gasteiger partial charge in [0.15, 0.2) is 0 Å². The number of rotatable bonds is 7. The minimum atomic E-state index is 0.0232. The number of nitrogens with one attached hydrogen (secondary N) is 1. The lowest BCUT2D eigenvalue weighted by Gasteiger charge is -2.26. The molecule has 1 atom stereocenters. The second-order valence-corrected chi connectivity index (χ2v) is 5.55. The van der Waals surface area contributed by atoms with Crippen LogP contribution in [0.1, 0.15) is 36.8 Å². The van der Waals surface area contributed by atoms with Gasteiger partial charge in [0.25, 0.3) is 0 Å². The van der Waals surface area contributed by atoms with Crippen molar-refractivity contribution in [2.75, 3.05) is 6.54 Å². The van der Waals surface area contributed by atoms with Gasteiger partial charge < -0.3 is 11.1 Å². The van der Waals surface area contributed by atoms with Gasteiger partial charge in [-0.25, -0.2) is 0 Å². The summed E-state index contributed by atoms with van der Waals surface area (Å²) in [5.74, 6) is 0.207. The molecule has 2 rings (SSSR count). The summed E-state index contributed by atoms with van der Waals surface area (Å²) in [6, 6.07) is 20.6. The highest BCUT2D eigenvalue weighted by Crippen LogP contribution is 2.27. The highest BCUT2D eigenvalue weighted by Gasteiger charge is 2.22. The molecule has 0 aliphatic carbocycles. The monoisotopic (exact) mass is 296 g/mol. The molecule has 3 heteroatoms. The molecule has 0 radical (unpaired) electrons. The van der Waals surface area contributed by atoms with Gasteiger partial charge in [-0.1, -0.05) is 60.7 Å². The normalized spacial score (nSPS) is 12.1. The average Bonchev–Trinajstić information content (AvgIpc) is 2.55. The van der Waals surface area contributed by atoms with E-state index < -0.39 is 0 Å². The van der Waals surface area contributed by atoms with Gasteiger partial charge in [-0.05, 0) is 31.0 Å². The Hall–Kier alpha value is -2.13. The summed E-state index contributed by atoms with van der Waals surface area (Å²) in [4.78, 5) is 12.0. The van der Waals surface area contributed by atoms with Crippen molar-refractivity contribution < 1.29 is 4.79 Å². The molecule has 1 amide bonds. The van der Waals surface area contributed by atoms with Crippen LogP contribution in [0, 0.1) is 0 Å². The van der Waals surface area contributed by atoms with Crippen LogP contribution in [0.25, 0.3) is 0 Å². The predicted octanol–water partition coefficient (Wildman–Crippen LogP) is 3.06. The summed E-state index contributed by atoms with van der Waals surface area (Å²) < 4.78 is 0. The Balaban J connectivity index is 2.20. The first-order valence-corrected chi connectivity index (χ1v) is 7.81. The molecule has 0 saturated carbocycles. The van der Waals surface area contributed by atoms with Crippen LogP contribution in [-0.4, -0.2) is 18.5 Å². The topological polar surface area (TPSA) is 55.1 Å². The third-order valence-corrected chi connectivity index (χ3v) is 3.81. The second kappa shape index (κ2) is 8.35. The van der Waals surface area contributed by atoms with Gasteiger partial charge in [0.2, 0.25) is 5.91 Å². The third kappa shape index (κ3) is 4.43. The van der Waals surface area contributed by atoms with Gasteiger partial charge in [-0.3, -0.25) is 4.79 Å². The molecule has 3 N–H and O–H groups in total. The third-order valence-electron chi connectivity index (χ3n) is 3.81. The zero-order valence-electron chi connectivity index (χ0n) is 13.0. The summed E-state index contributed by atoms with van der Waals surface area (Å²) in [7, 11) is 0. The van der Waals surface area contributed by atoms with Gasteiger partial charge >= 0.3 is 0 Å². The van der Waals surface area contributed by atoms with E-state index >= 15 is 0 Å². The molecule has 3 nitrogen and oxygen atoms in total. The average molecular weight is 296 g/mol. The van der Waals surface area contributed by atoms with Gasteiger partial charge in [0.1, 0.15) is 0 Å². The summed E-state index contributed by atoms with van der Waals surface area (Å²) in [6.45, 7) is 2.60. The minimum absolute atomic E-state index is 0.0232. The number of hydrogen-bond donors (Lipinski definition) is 2. The van der Waals surface area contributed by atoms with Crippen LogP contribution in [-0.2, 0) is 4.79 Å². The number of carbonyl (C=O) groups is 1. The van der Waals surface area contributed by atoms with Crippen molar-refractivity contribution in [1.29, 1.82) is 0 Å². The lowest BCUT2D eigenvalue weighted by Crippen LogP contribution is -2.37. The molecule has 0 aliphatic heterocycles. The Morgan fingerprint density at radius 2 is 1.50 bits per heavy atom. The lowest BCUT2D eigenvalue weighted by atomic mass is 9.86. The van der Waals surface area contributed by atoms with Crippen LogP contribution in [0.5, 0.6) is 0 Å². The molecule has 22 heavy (non-hydrogen) atoms. The van der Waals surface area contributed by atoms with Crippen LogP contribution >= 0.6 is 0 Å². The maximum Gasteiger partial charge on any atom is 0.220 e. The Morgan fingerprint density at radius 3 is 1.95 bits per heavy atom. The zero-order valence-corrected chi connectivity index (χ0v) is 13.0. The van der Waals surface area contributed by atoms with Crippen LogP contribution in [0.2, 0.25) is 0 Å². The molecular weight excluding hydrogens is 272 g/mol. The van der Waals surface area contributed by atoms with Crippen molar-refractivity contribution in [1.82, 2.24) is 5.32 Å². The first kappa shape index (κ1) is 16.2. The molecule has 0 fully saturated rings. The van der Waals surface area contributed by atoms with Crippen LogP contribution in [0.3, 0.4) is 0 Å². The maximum atomic E-state index is 12.0. The predicted molar refractivity (Wildman–Crippen MR) is 90.6 cm³/mol. The number of amides is 1. The number of benzene rings is 2. The molecule has 2 aromatic carbocycles. The van der Waals surface area contributed by atoms with E-state index in [1.54, 1.807) is 0 Å². The molecule has 116 valence electrons. The Morgan fingerprint density at radius 1 is 1.00 bits per heavy atom. The number of nitrogens with two attached hydrogens (primary N) is 1. The van der Waals surface area contributed by atoms with Crippen LogP contribution in [0.15, 0.2) is 60.7 Å². The Labute approximate surface area is 132 Å². The van der Waals surface area contributed by atoms with Crippen LogP contribution in [0.4, 0.5) is 0 Å². The Bertz CT molecular complexity index is 529. The minimum Gasteiger partial charge on any atom is -0.353 e. The highest BCUT2D eigenvalue weighted by atomic mass is 16.1. The van der Waals surface area contributed by atoms with E-state index in [9.17, 15) is 4.79 Å². The molecule has 1 unspecified atom stereocenters. The molecule has 0 aromatic heterocycles. The fraction of sp³-hybridized carbons (Fsp3) is 0.316. The quantitative estimate of drug-likeness (QED) is 0.825. The van der Waals surface area contributed by atoms with E-state index in [1.165, 1.54) is 11.1 Å². The van der Waals surface area contributed by atoms with E-state index in [4.69, 9.17) is 5.73 Å². The summed E-state index contributed by atoms with van der Waals surface area (Å²) >= 11 is 0. The summed E-state index contributed by atoms with van der Waals surface area (Å²) in [5, 5.41) is 3.12. The van der Waals surface area contributed by atoms with E-state index in [2.05, 4.69) is 36.5 Å². The van der Waals surface area contributed by atoms with E-state index in [0.29, 0.717) is 13.0 Å². The standard InChI is InChI=1S/C19H24N2O/c1-15(21-18(22)13-8-14-20)19(16-9-4-2-5-10-16)17-11-6-3-7-12-17/h2-7,9-12,15,19H,8,13-14,20H2,1H3,(H,21,22). The van der Waals surface area contributed by atoms with Gasteiger partial charge in [-0.15, -0.1) is 0 Å². The van der Waals surface area contributed by atoms with E-state index in [1.807, 2.05) is 36.4 Å². The van der Waals surface area contributed by atoms with E-state index in [-0.39, 0.29) is 17.9 Å². The van der Waals surface area contributed by atoms with E-state index in [0.717, 1.165) is 6.42 Å². The molecule has 2 aromatic rings. The zero-order chi connectivity index (χ0) is 15.8. The lowest BCUT2D eigenvalue weighted by molar-refractivity contribution is -0.121. The van der Waals surface area contributed by atoms with Crippen molar-refractivity contribution in [3.8, 4) is 0 Å². The van der Waals surface area contributed by atoms with Crippen molar-refractivity contribution in [2.24, 2.45) is 5.73 Å². The van der Waals surface area contributed by atoms with Gasteiger partial charge in [-0.2, -0.15) is 0 Å². The summed E-state index contributed by atoms with van der Waals surface area (Å²) in [6.07, 6.45) is 1.21. The maximum absolute atomic E-state index is 12.0. The van der Waals surface area contributed by atoms with Crippen LogP contribution < -0.4 is 11.1 Å². The Kier molecular flexibility index (Phi) is 6.16. The fourth-order valence-corrected chi connectivity index (χ4v) is 2.76. The highest BCUT2D eigenvalue weighted by molar-refractivity contribution is 5.76. The molecule has 0 saturated heterocycles. The smallest absolute Gasteiger partial charge is 0.220 e. The van der Waals surface area contributed by atoms with Crippen molar-refractivity contribution in [2.45, 2.75) is 31.7 Å². The number of hydrogen-bond acceptors (Lipinski definition) is 2. The van der Waals surface area contributed by atoms with Crippen molar-refractivity contribution >= 4 is 5.91 Å². The SMILES string of the molecule is CC(NC(=O)CCCN)C(c1ccccc1)c1ccccc1. The molecular formula is C19H24N2O. The molecule has 0 spiro atoms. The molecule has 0 aliphatic rings. The fourth-order valence-electron chi connectivity index (χ4n) is 2.76.